The summed E-state index contributed by atoms with van der Waals surface area (Å²) in [6.07, 6.45) is 0. The highest BCUT2D eigenvalue weighted by atomic mass is 79.9. The number of benzene rings is 1. The second-order valence-corrected chi connectivity index (χ2v) is 6.23. The Morgan fingerprint density at radius 2 is 2.11 bits per heavy atom. The number of halogens is 5. The molecule has 1 nitrogen and oxygen atoms in total. The van der Waals surface area contributed by atoms with Crippen molar-refractivity contribution in [3.8, 4) is 0 Å². The maximum Gasteiger partial charge on any atom is 0.446 e. The van der Waals surface area contributed by atoms with Gasteiger partial charge in [0.15, 0.2) is 5.78 Å². The van der Waals surface area contributed by atoms with Crippen LogP contribution in [0.4, 0.5) is 13.2 Å². The fourth-order valence-electron chi connectivity index (χ4n) is 1.27. The van der Waals surface area contributed by atoms with Gasteiger partial charge in [0.2, 0.25) is 0 Å². The molecule has 0 amide bonds. The van der Waals surface area contributed by atoms with Crippen molar-refractivity contribution >= 4 is 45.1 Å². The van der Waals surface area contributed by atoms with Crippen LogP contribution in [0.5, 0.6) is 0 Å². The number of hydrogen-bond acceptors (Lipinski definition) is 2. The van der Waals surface area contributed by atoms with Crippen LogP contribution in [0.2, 0.25) is 0 Å². The maximum absolute atomic E-state index is 12.4. The molecule has 0 aliphatic carbocycles. The smallest absolute Gasteiger partial charge is 0.293 e. The van der Waals surface area contributed by atoms with Gasteiger partial charge in [-0.25, -0.2) is 0 Å². The Balaban J connectivity index is 3.13. The van der Waals surface area contributed by atoms with Crippen LogP contribution in [0.15, 0.2) is 23.1 Å². The van der Waals surface area contributed by atoms with Crippen molar-refractivity contribution in [1.82, 2.24) is 0 Å². The molecule has 0 fully saturated rings. The number of hydrogen-bond donors (Lipinski definition) is 0. The van der Waals surface area contributed by atoms with E-state index in [0.717, 1.165) is 0 Å². The normalized spacial score (nSPS) is 13.4. The van der Waals surface area contributed by atoms with Gasteiger partial charge in [0.1, 0.15) is 0 Å². The van der Waals surface area contributed by atoms with E-state index in [4.69, 9.17) is 11.6 Å². The molecule has 7 heteroatoms. The van der Waals surface area contributed by atoms with Crippen LogP contribution in [0, 0.1) is 0 Å². The highest BCUT2D eigenvalue weighted by Gasteiger charge is 2.30. The average molecular weight is 362 g/mol. The zero-order valence-corrected chi connectivity index (χ0v) is 12.4. The first-order chi connectivity index (χ1) is 8.24. The molecule has 0 spiro atoms. The Morgan fingerprint density at radius 1 is 1.50 bits per heavy atom. The highest BCUT2D eigenvalue weighted by molar-refractivity contribution is 9.10. The minimum Gasteiger partial charge on any atom is -0.293 e. The van der Waals surface area contributed by atoms with Gasteiger partial charge in [-0.2, -0.15) is 13.2 Å². The Labute approximate surface area is 120 Å². The van der Waals surface area contributed by atoms with E-state index in [1.165, 1.54) is 18.2 Å². The van der Waals surface area contributed by atoms with Gasteiger partial charge in [-0.1, -0.05) is 28.1 Å². The zero-order valence-electron chi connectivity index (χ0n) is 9.22. The van der Waals surface area contributed by atoms with Gasteiger partial charge < -0.3 is 0 Å². The quantitative estimate of drug-likeness (QED) is 0.426. The molecule has 18 heavy (non-hydrogen) atoms. The number of ketones is 1. The summed E-state index contributed by atoms with van der Waals surface area (Å²) >= 11 is 8.42. The summed E-state index contributed by atoms with van der Waals surface area (Å²) in [6.45, 7) is 1.62. The van der Waals surface area contributed by atoms with Crippen LogP contribution in [-0.4, -0.2) is 16.1 Å². The van der Waals surface area contributed by atoms with Crippen LogP contribution in [0.1, 0.15) is 22.8 Å². The number of Topliss-reactive ketones (excluding diaryl/α,β-unsaturated/α-hetero) is 1. The average Bonchev–Trinajstić information content (AvgIpc) is 2.25. The van der Waals surface area contributed by atoms with Gasteiger partial charge in [-0.05, 0) is 30.3 Å². The molecule has 1 aromatic rings. The molecule has 1 aromatic carbocycles. The summed E-state index contributed by atoms with van der Waals surface area (Å²) < 4.78 is 37.1. The molecule has 0 bridgehead atoms. The first kappa shape index (κ1) is 15.9. The van der Waals surface area contributed by atoms with Crippen LogP contribution < -0.4 is 0 Å². The minimum absolute atomic E-state index is 0.0310. The van der Waals surface area contributed by atoms with Crippen molar-refractivity contribution < 1.29 is 18.0 Å². The summed E-state index contributed by atoms with van der Waals surface area (Å²) in [6, 6.07) is 4.16. The number of alkyl halides is 5. The first-order valence-corrected chi connectivity index (χ1v) is 7.14. The van der Waals surface area contributed by atoms with E-state index < -0.39 is 10.3 Å². The SMILES string of the molecule is CC(Br)C(=O)c1ccc(CCl)c(SC(F)(F)F)c1. The summed E-state index contributed by atoms with van der Waals surface area (Å²) in [5.41, 5.74) is -3.81. The molecule has 1 atom stereocenters. The molecular formula is C11H9BrClF3OS. The maximum atomic E-state index is 12.4. The van der Waals surface area contributed by atoms with Crippen LogP contribution >= 0.6 is 39.3 Å². The number of carbonyl (C=O) groups excluding carboxylic acids is 1. The lowest BCUT2D eigenvalue weighted by Gasteiger charge is -2.11. The number of thioether (sulfide) groups is 1. The van der Waals surface area contributed by atoms with Crippen molar-refractivity contribution in [3.05, 3.63) is 29.3 Å². The molecule has 0 heterocycles. The number of carbonyl (C=O) groups is 1. The van der Waals surface area contributed by atoms with E-state index in [1.807, 2.05) is 0 Å². The van der Waals surface area contributed by atoms with Crippen LogP contribution in [0.3, 0.4) is 0 Å². The van der Waals surface area contributed by atoms with E-state index >= 15 is 0 Å². The lowest BCUT2D eigenvalue weighted by molar-refractivity contribution is -0.0328. The monoisotopic (exact) mass is 360 g/mol. The van der Waals surface area contributed by atoms with E-state index in [1.54, 1.807) is 6.92 Å². The van der Waals surface area contributed by atoms with Crippen LogP contribution in [0.25, 0.3) is 0 Å². The van der Waals surface area contributed by atoms with Crippen molar-refractivity contribution in [2.45, 2.75) is 28.0 Å². The fourth-order valence-corrected chi connectivity index (χ4v) is 2.55. The molecule has 0 aliphatic heterocycles. The van der Waals surface area contributed by atoms with Gasteiger partial charge >= 0.3 is 5.51 Å². The topological polar surface area (TPSA) is 17.1 Å². The molecular weight excluding hydrogens is 353 g/mol. The second-order valence-electron chi connectivity index (χ2n) is 3.48. The lowest BCUT2D eigenvalue weighted by atomic mass is 10.1. The standard InChI is InChI=1S/C11H9BrClF3OS/c1-6(12)10(17)7-2-3-8(5-13)9(4-7)18-11(14,15)16/h2-4,6H,5H2,1H3. The molecule has 0 radical (unpaired) electrons. The Hall–Kier alpha value is -0.200. The predicted molar refractivity (Wildman–Crippen MR) is 70.6 cm³/mol. The molecule has 100 valence electrons. The Bertz CT molecular complexity index is 448. The Kier molecular flexibility index (Phi) is 5.55. The molecule has 0 N–H and O–H groups in total. The molecule has 1 unspecified atom stereocenters. The van der Waals surface area contributed by atoms with E-state index in [2.05, 4.69) is 15.9 Å². The van der Waals surface area contributed by atoms with Gasteiger partial charge in [0, 0.05) is 16.3 Å². The lowest BCUT2D eigenvalue weighted by Crippen LogP contribution is -2.10. The second kappa shape index (κ2) is 6.30. The highest BCUT2D eigenvalue weighted by Crippen LogP contribution is 2.39. The first-order valence-electron chi connectivity index (χ1n) is 4.87. The minimum atomic E-state index is -4.40. The summed E-state index contributed by atoms with van der Waals surface area (Å²) in [5.74, 6) is -0.295. The van der Waals surface area contributed by atoms with Crippen molar-refractivity contribution in [2.75, 3.05) is 0 Å². The van der Waals surface area contributed by atoms with Crippen molar-refractivity contribution in [2.24, 2.45) is 0 Å². The van der Waals surface area contributed by atoms with E-state index in [9.17, 15) is 18.0 Å². The van der Waals surface area contributed by atoms with Gasteiger partial charge in [-0.3, -0.25) is 4.79 Å². The summed E-state index contributed by atoms with van der Waals surface area (Å²) in [5, 5.41) is 0. The van der Waals surface area contributed by atoms with Crippen molar-refractivity contribution in [1.29, 1.82) is 0 Å². The van der Waals surface area contributed by atoms with Crippen molar-refractivity contribution in [3.63, 3.8) is 0 Å². The predicted octanol–water partition coefficient (Wildman–Crippen LogP) is 5.00. The number of rotatable bonds is 4. The molecule has 1 rings (SSSR count). The van der Waals surface area contributed by atoms with Crippen LogP contribution in [-0.2, 0) is 5.88 Å². The zero-order chi connectivity index (χ0) is 13.9. The molecule has 0 saturated heterocycles. The third-order valence-electron chi connectivity index (χ3n) is 2.08. The van der Waals surface area contributed by atoms with Gasteiger partial charge in [-0.15, -0.1) is 11.6 Å². The fraction of sp³-hybridized carbons (Fsp3) is 0.364. The molecule has 0 aliphatic rings. The van der Waals surface area contributed by atoms with Gasteiger partial charge in [0.05, 0.1) is 4.83 Å². The summed E-state index contributed by atoms with van der Waals surface area (Å²) in [7, 11) is 0. The van der Waals surface area contributed by atoms with E-state index in [0.29, 0.717) is 5.56 Å². The van der Waals surface area contributed by atoms with E-state index in [-0.39, 0.29) is 33.9 Å². The Morgan fingerprint density at radius 3 is 2.56 bits per heavy atom. The molecule has 0 saturated carbocycles. The third kappa shape index (κ3) is 4.48. The van der Waals surface area contributed by atoms with Gasteiger partial charge in [0.25, 0.3) is 0 Å². The largest absolute Gasteiger partial charge is 0.446 e. The third-order valence-corrected chi connectivity index (χ3v) is 3.62. The summed E-state index contributed by atoms with van der Waals surface area (Å²) in [4.78, 5) is 11.2. The molecule has 0 aromatic heterocycles.